The number of aromatic nitrogens is 2. The van der Waals surface area contributed by atoms with Gasteiger partial charge in [-0.25, -0.2) is 4.98 Å². The molecule has 1 N–H and O–H groups in total. The molecule has 2 heterocycles. The van der Waals surface area contributed by atoms with Crippen LogP contribution in [0.4, 0.5) is 11.5 Å². The van der Waals surface area contributed by atoms with Crippen molar-refractivity contribution in [1.82, 2.24) is 15.3 Å². The second kappa shape index (κ2) is 8.70. The first kappa shape index (κ1) is 18.9. The van der Waals surface area contributed by atoms with Crippen LogP contribution in [0.3, 0.4) is 0 Å². The number of benzene rings is 1. The van der Waals surface area contributed by atoms with E-state index < -0.39 is 0 Å². The molecule has 0 radical (unpaired) electrons. The fourth-order valence-corrected chi connectivity index (χ4v) is 3.04. The Morgan fingerprint density at radius 1 is 1.19 bits per heavy atom. The highest BCUT2D eigenvalue weighted by atomic mass is 16.5. The summed E-state index contributed by atoms with van der Waals surface area (Å²) in [5.74, 6) is 2.05. The molecule has 27 heavy (non-hydrogen) atoms. The fraction of sp³-hybridized carbons (Fsp3) is 0.450. The van der Waals surface area contributed by atoms with Crippen LogP contribution in [0.25, 0.3) is 0 Å². The summed E-state index contributed by atoms with van der Waals surface area (Å²) in [5.41, 5.74) is 1.69. The standard InChI is InChI=1S/C20H27N5O2/c1-15-22-18(25-11-4-5-12-25)14-19(23-15)27-13-10-21-20(26)16-6-8-17(9-7-16)24(2)3/h6-9,14H,4-5,10-13H2,1-3H3,(H,21,26). The first-order valence-electron chi connectivity index (χ1n) is 9.32. The lowest BCUT2D eigenvalue weighted by Crippen LogP contribution is -2.28. The Hall–Kier alpha value is -2.83. The largest absolute Gasteiger partial charge is 0.476 e. The molecule has 1 saturated heterocycles. The first-order valence-corrected chi connectivity index (χ1v) is 9.32. The molecule has 0 atom stereocenters. The normalized spacial score (nSPS) is 13.5. The van der Waals surface area contributed by atoms with Gasteiger partial charge in [0, 0.05) is 44.5 Å². The van der Waals surface area contributed by atoms with Gasteiger partial charge in [-0.2, -0.15) is 4.98 Å². The van der Waals surface area contributed by atoms with E-state index in [0.717, 1.165) is 24.6 Å². The third kappa shape index (κ3) is 5.09. The Balaban J connectivity index is 1.49. The van der Waals surface area contributed by atoms with E-state index in [2.05, 4.69) is 20.2 Å². The maximum Gasteiger partial charge on any atom is 0.251 e. The van der Waals surface area contributed by atoms with Crippen molar-refractivity contribution >= 4 is 17.4 Å². The van der Waals surface area contributed by atoms with Gasteiger partial charge >= 0.3 is 0 Å². The van der Waals surface area contributed by atoms with Gasteiger partial charge in [-0.15, -0.1) is 0 Å². The van der Waals surface area contributed by atoms with Crippen LogP contribution in [-0.4, -0.2) is 56.2 Å². The van der Waals surface area contributed by atoms with Gasteiger partial charge in [0.1, 0.15) is 18.2 Å². The quantitative estimate of drug-likeness (QED) is 0.755. The average molecular weight is 369 g/mol. The van der Waals surface area contributed by atoms with Crippen molar-refractivity contribution < 1.29 is 9.53 Å². The number of carbonyl (C=O) groups excluding carboxylic acids is 1. The zero-order valence-electron chi connectivity index (χ0n) is 16.2. The summed E-state index contributed by atoms with van der Waals surface area (Å²) < 4.78 is 5.72. The lowest BCUT2D eigenvalue weighted by molar-refractivity contribution is 0.0946. The van der Waals surface area contributed by atoms with Crippen LogP contribution in [-0.2, 0) is 0 Å². The minimum Gasteiger partial charge on any atom is -0.476 e. The van der Waals surface area contributed by atoms with E-state index in [-0.39, 0.29) is 5.91 Å². The van der Waals surface area contributed by atoms with Crippen LogP contribution in [0.1, 0.15) is 29.0 Å². The van der Waals surface area contributed by atoms with Crippen molar-refractivity contribution in [3.05, 3.63) is 41.7 Å². The molecular formula is C20H27N5O2. The Labute approximate surface area is 160 Å². The number of amides is 1. The molecule has 2 aromatic rings. The summed E-state index contributed by atoms with van der Waals surface area (Å²) >= 11 is 0. The molecule has 1 fully saturated rings. The van der Waals surface area contributed by atoms with Crippen LogP contribution >= 0.6 is 0 Å². The molecule has 0 aliphatic carbocycles. The predicted octanol–water partition coefficient (Wildman–Crippen LogP) is 2.26. The number of nitrogens with zero attached hydrogens (tertiary/aromatic N) is 4. The summed E-state index contributed by atoms with van der Waals surface area (Å²) in [6, 6.07) is 9.37. The minimum absolute atomic E-state index is 0.111. The average Bonchev–Trinajstić information content (AvgIpc) is 3.19. The highest BCUT2D eigenvalue weighted by Crippen LogP contribution is 2.21. The molecular weight excluding hydrogens is 342 g/mol. The van der Waals surface area contributed by atoms with E-state index in [1.807, 2.05) is 56.3 Å². The lowest BCUT2D eigenvalue weighted by atomic mass is 10.2. The van der Waals surface area contributed by atoms with Crippen molar-refractivity contribution in [2.75, 3.05) is 50.1 Å². The Kier molecular flexibility index (Phi) is 6.11. The van der Waals surface area contributed by atoms with Crippen LogP contribution in [0.2, 0.25) is 0 Å². The summed E-state index contributed by atoms with van der Waals surface area (Å²) in [4.78, 5) is 25.3. The van der Waals surface area contributed by atoms with Crippen molar-refractivity contribution in [2.45, 2.75) is 19.8 Å². The van der Waals surface area contributed by atoms with Crippen molar-refractivity contribution in [2.24, 2.45) is 0 Å². The summed E-state index contributed by atoms with van der Waals surface area (Å²) in [6.45, 7) is 4.69. The topological polar surface area (TPSA) is 70.6 Å². The van der Waals surface area contributed by atoms with E-state index in [4.69, 9.17) is 4.74 Å². The van der Waals surface area contributed by atoms with Crippen molar-refractivity contribution in [1.29, 1.82) is 0 Å². The second-order valence-electron chi connectivity index (χ2n) is 6.85. The maximum atomic E-state index is 12.2. The van der Waals surface area contributed by atoms with Crippen LogP contribution in [0.15, 0.2) is 30.3 Å². The van der Waals surface area contributed by atoms with E-state index in [0.29, 0.717) is 30.4 Å². The molecule has 1 aromatic carbocycles. The molecule has 3 rings (SSSR count). The van der Waals surface area contributed by atoms with Crippen LogP contribution in [0, 0.1) is 6.92 Å². The second-order valence-corrected chi connectivity index (χ2v) is 6.85. The molecule has 7 heteroatoms. The number of carbonyl (C=O) groups is 1. The summed E-state index contributed by atoms with van der Waals surface area (Å²) in [5, 5.41) is 2.87. The highest BCUT2D eigenvalue weighted by Gasteiger charge is 2.15. The molecule has 1 amide bonds. The maximum absolute atomic E-state index is 12.2. The molecule has 0 spiro atoms. The Morgan fingerprint density at radius 3 is 2.56 bits per heavy atom. The number of ether oxygens (including phenoxy) is 1. The Morgan fingerprint density at radius 2 is 1.89 bits per heavy atom. The molecule has 0 unspecified atom stereocenters. The molecule has 1 aliphatic rings. The lowest BCUT2D eigenvalue weighted by Gasteiger charge is -2.17. The fourth-order valence-electron chi connectivity index (χ4n) is 3.04. The number of anilines is 2. The van der Waals surface area contributed by atoms with Crippen LogP contribution in [0.5, 0.6) is 5.88 Å². The van der Waals surface area contributed by atoms with E-state index in [1.54, 1.807) is 0 Å². The minimum atomic E-state index is -0.111. The molecule has 1 aromatic heterocycles. The van der Waals surface area contributed by atoms with Gasteiger partial charge in [0.2, 0.25) is 5.88 Å². The van der Waals surface area contributed by atoms with Gasteiger partial charge in [-0.05, 0) is 44.0 Å². The van der Waals surface area contributed by atoms with Gasteiger partial charge in [0.25, 0.3) is 5.91 Å². The Bertz CT molecular complexity index is 770. The van der Waals surface area contributed by atoms with E-state index >= 15 is 0 Å². The predicted molar refractivity (Wildman–Crippen MR) is 107 cm³/mol. The first-order chi connectivity index (χ1) is 13.0. The molecule has 1 aliphatic heterocycles. The third-order valence-electron chi connectivity index (χ3n) is 4.51. The number of hydrogen-bond donors (Lipinski definition) is 1. The number of nitrogens with one attached hydrogen (secondary N) is 1. The van der Waals surface area contributed by atoms with E-state index in [9.17, 15) is 4.79 Å². The number of hydrogen-bond acceptors (Lipinski definition) is 6. The highest BCUT2D eigenvalue weighted by molar-refractivity contribution is 5.94. The van der Waals surface area contributed by atoms with Gasteiger partial charge < -0.3 is 19.9 Å². The zero-order valence-corrected chi connectivity index (χ0v) is 16.2. The van der Waals surface area contributed by atoms with Crippen LogP contribution < -0.4 is 19.9 Å². The molecule has 0 bridgehead atoms. The third-order valence-corrected chi connectivity index (χ3v) is 4.51. The van der Waals surface area contributed by atoms with Crippen molar-refractivity contribution in [3.63, 3.8) is 0 Å². The molecule has 144 valence electrons. The summed E-state index contributed by atoms with van der Waals surface area (Å²) in [6.07, 6.45) is 2.39. The van der Waals surface area contributed by atoms with E-state index in [1.165, 1.54) is 12.8 Å². The van der Waals surface area contributed by atoms with Gasteiger partial charge in [-0.3, -0.25) is 4.79 Å². The number of rotatable bonds is 7. The monoisotopic (exact) mass is 369 g/mol. The zero-order chi connectivity index (χ0) is 19.2. The van der Waals surface area contributed by atoms with Gasteiger partial charge in [-0.1, -0.05) is 0 Å². The van der Waals surface area contributed by atoms with Gasteiger partial charge in [0.05, 0.1) is 6.54 Å². The molecule has 7 nitrogen and oxygen atoms in total. The van der Waals surface area contributed by atoms with Gasteiger partial charge in [0.15, 0.2) is 0 Å². The summed E-state index contributed by atoms with van der Waals surface area (Å²) in [7, 11) is 3.94. The van der Waals surface area contributed by atoms with Crippen molar-refractivity contribution in [3.8, 4) is 5.88 Å². The smallest absolute Gasteiger partial charge is 0.251 e. The molecule has 0 saturated carbocycles. The SMILES string of the molecule is Cc1nc(OCCNC(=O)c2ccc(N(C)C)cc2)cc(N2CCCC2)n1. The number of aryl methyl sites for hydroxylation is 1.